The van der Waals surface area contributed by atoms with Gasteiger partial charge < -0.3 is 16.0 Å². The largest absolute Gasteiger partial charge is 0.353 e. The van der Waals surface area contributed by atoms with Crippen molar-refractivity contribution in [3.8, 4) is 0 Å². The molecule has 1 aliphatic heterocycles. The predicted molar refractivity (Wildman–Crippen MR) is 123 cm³/mol. The van der Waals surface area contributed by atoms with Crippen molar-refractivity contribution in [1.29, 1.82) is 0 Å². The minimum Gasteiger partial charge on any atom is -0.353 e. The molecule has 1 aromatic carbocycles. The first-order valence-corrected chi connectivity index (χ1v) is 12.2. The van der Waals surface area contributed by atoms with Gasteiger partial charge in [-0.05, 0) is 54.8 Å². The third-order valence-electron chi connectivity index (χ3n) is 6.29. The minimum absolute atomic E-state index is 0.0813. The van der Waals surface area contributed by atoms with Crippen molar-refractivity contribution < 1.29 is 14.0 Å². The fourth-order valence-corrected chi connectivity index (χ4v) is 5.14. The van der Waals surface area contributed by atoms with E-state index in [9.17, 15) is 14.0 Å². The Hall–Kier alpha value is -2.29. The molecule has 1 aliphatic carbocycles. The number of carbonyl (C=O) groups excluding carboxylic acids is 2. The summed E-state index contributed by atoms with van der Waals surface area (Å²) in [7, 11) is 0. The van der Waals surface area contributed by atoms with Crippen LogP contribution in [-0.2, 0) is 22.7 Å². The van der Waals surface area contributed by atoms with Crippen LogP contribution >= 0.6 is 11.3 Å². The van der Waals surface area contributed by atoms with E-state index in [-0.39, 0.29) is 29.6 Å². The molecule has 0 spiro atoms. The predicted octanol–water partition coefficient (Wildman–Crippen LogP) is 2.73. The van der Waals surface area contributed by atoms with Crippen LogP contribution < -0.4 is 11.1 Å². The molecule has 1 aromatic heterocycles. The van der Waals surface area contributed by atoms with E-state index in [4.69, 9.17) is 5.73 Å². The van der Waals surface area contributed by atoms with E-state index < -0.39 is 6.04 Å². The quantitative estimate of drug-likeness (QED) is 0.606. The number of hydrogen-bond acceptors (Lipinski definition) is 5. The molecule has 0 bridgehead atoms. The van der Waals surface area contributed by atoms with Crippen molar-refractivity contribution in [3.63, 3.8) is 0 Å². The lowest BCUT2D eigenvalue weighted by Crippen LogP contribution is -2.57. The van der Waals surface area contributed by atoms with Gasteiger partial charge in [0.05, 0.1) is 0 Å². The van der Waals surface area contributed by atoms with Crippen LogP contribution in [0.15, 0.2) is 41.8 Å². The topological polar surface area (TPSA) is 78.7 Å². The van der Waals surface area contributed by atoms with E-state index >= 15 is 0 Å². The summed E-state index contributed by atoms with van der Waals surface area (Å²) >= 11 is 1.70. The SMILES string of the molecule is NCCNC(=O)[C@H]1CC(N(Cc2ccc(F)cc2)Cc2cccs2)CCN1C(=O)C1CC1. The summed E-state index contributed by atoms with van der Waals surface area (Å²) in [6, 6.07) is 10.4. The number of nitrogens with one attached hydrogen (secondary N) is 1. The molecule has 2 atom stereocenters. The molecule has 2 fully saturated rings. The summed E-state index contributed by atoms with van der Waals surface area (Å²) in [5.41, 5.74) is 6.61. The van der Waals surface area contributed by atoms with E-state index in [0.717, 1.165) is 31.4 Å². The summed E-state index contributed by atoms with van der Waals surface area (Å²) in [4.78, 5) is 31.3. The number of amides is 2. The Morgan fingerprint density at radius 2 is 1.94 bits per heavy atom. The summed E-state index contributed by atoms with van der Waals surface area (Å²) in [5.74, 6) is -0.174. The first-order chi connectivity index (χ1) is 15.5. The van der Waals surface area contributed by atoms with E-state index in [0.29, 0.717) is 32.6 Å². The van der Waals surface area contributed by atoms with Crippen LogP contribution in [0.3, 0.4) is 0 Å². The van der Waals surface area contributed by atoms with Crippen LogP contribution in [0.2, 0.25) is 0 Å². The number of thiophene rings is 1. The lowest BCUT2D eigenvalue weighted by molar-refractivity contribution is -0.144. The Morgan fingerprint density at radius 3 is 2.59 bits per heavy atom. The standard InChI is InChI=1S/C24H31FN4O2S/c25-19-7-3-17(4-8-19)15-28(16-21-2-1-13-32-21)20-9-12-29(24(31)18-5-6-18)22(14-20)23(30)27-11-10-26/h1-4,7-8,13,18,20,22H,5-6,9-12,14-16,26H2,(H,27,30)/t20?,22-/m1/s1. The molecule has 1 unspecified atom stereocenters. The molecule has 1 saturated heterocycles. The van der Waals surface area contributed by atoms with Crippen molar-refractivity contribution in [2.45, 2.75) is 50.9 Å². The molecule has 1 saturated carbocycles. The smallest absolute Gasteiger partial charge is 0.242 e. The van der Waals surface area contributed by atoms with Crippen LogP contribution in [0.5, 0.6) is 0 Å². The Balaban J connectivity index is 1.53. The van der Waals surface area contributed by atoms with Crippen LogP contribution in [0.1, 0.15) is 36.1 Å². The Bertz CT molecular complexity index is 901. The van der Waals surface area contributed by atoms with Crippen LogP contribution in [0.4, 0.5) is 4.39 Å². The van der Waals surface area contributed by atoms with Crippen molar-refractivity contribution in [2.75, 3.05) is 19.6 Å². The first-order valence-electron chi connectivity index (χ1n) is 11.3. The number of benzene rings is 1. The summed E-state index contributed by atoms with van der Waals surface area (Å²) in [5, 5.41) is 4.95. The molecule has 32 heavy (non-hydrogen) atoms. The molecule has 2 aromatic rings. The number of halogens is 1. The maximum absolute atomic E-state index is 13.4. The second kappa shape index (κ2) is 10.6. The third kappa shape index (κ3) is 5.74. The Kier molecular flexibility index (Phi) is 7.55. The monoisotopic (exact) mass is 458 g/mol. The number of piperidine rings is 1. The maximum Gasteiger partial charge on any atom is 0.242 e. The molecule has 3 N–H and O–H groups in total. The number of hydrogen-bond donors (Lipinski definition) is 2. The van der Waals surface area contributed by atoms with E-state index in [2.05, 4.69) is 21.7 Å². The van der Waals surface area contributed by atoms with Gasteiger partial charge in [0, 0.05) is 49.6 Å². The molecular weight excluding hydrogens is 427 g/mol. The van der Waals surface area contributed by atoms with Crippen molar-refractivity contribution in [3.05, 3.63) is 58.0 Å². The van der Waals surface area contributed by atoms with Crippen LogP contribution in [-0.4, -0.2) is 53.3 Å². The van der Waals surface area contributed by atoms with Crippen molar-refractivity contribution in [2.24, 2.45) is 11.7 Å². The van der Waals surface area contributed by atoms with Crippen molar-refractivity contribution >= 4 is 23.2 Å². The number of carbonyl (C=O) groups is 2. The summed E-state index contributed by atoms with van der Waals surface area (Å²) in [6.45, 7) is 2.77. The summed E-state index contributed by atoms with van der Waals surface area (Å²) < 4.78 is 13.4. The average Bonchev–Trinajstić information content (AvgIpc) is 3.54. The van der Waals surface area contributed by atoms with Crippen LogP contribution in [0, 0.1) is 11.7 Å². The highest BCUT2D eigenvalue weighted by atomic mass is 32.1. The number of rotatable bonds is 9. The second-order valence-corrected chi connectivity index (χ2v) is 9.72. The fourth-order valence-electron chi connectivity index (χ4n) is 4.41. The second-order valence-electron chi connectivity index (χ2n) is 8.69. The third-order valence-corrected chi connectivity index (χ3v) is 7.15. The molecule has 2 aliphatic rings. The maximum atomic E-state index is 13.4. The molecule has 2 heterocycles. The zero-order chi connectivity index (χ0) is 22.5. The highest BCUT2D eigenvalue weighted by Gasteiger charge is 2.42. The van der Waals surface area contributed by atoms with Gasteiger partial charge in [0.2, 0.25) is 11.8 Å². The van der Waals surface area contributed by atoms with Gasteiger partial charge >= 0.3 is 0 Å². The minimum atomic E-state index is -0.479. The van der Waals surface area contributed by atoms with Gasteiger partial charge in [-0.3, -0.25) is 14.5 Å². The van der Waals surface area contributed by atoms with Gasteiger partial charge in [-0.15, -0.1) is 11.3 Å². The lowest BCUT2D eigenvalue weighted by Gasteiger charge is -2.43. The van der Waals surface area contributed by atoms with Gasteiger partial charge in [-0.25, -0.2) is 4.39 Å². The van der Waals surface area contributed by atoms with E-state index in [1.165, 1.54) is 17.0 Å². The molecule has 172 valence electrons. The number of likely N-dealkylation sites (tertiary alicyclic amines) is 1. The van der Waals surface area contributed by atoms with Crippen molar-refractivity contribution in [1.82, 2.24) is 15.1 Å². The molecule has 6 nitrogen and oxygen atoms in total. The number of nitrogens with zero attached hydrogens (tertiary/aromatic N) is 2. The highest BCUT2D eigenvalue weighted by molar-refractivity contribution is 7.09. The fraction of sp³-hybridized carbons (Fsp3) is 0.500. The Labute approximate surface area is 192 Å². The van der Waals surface area contributed by atoms with Crippen LogP contribution in [0.25, 0.3) is 0 Å². The van der Waals surface area contributed by atoms with E-state index in [1.807, 2.05) is 18.2 Å². The average molecular weight is 459 g/mol. The zero-order valence-electron chi connectivity index (χ0n) is 18.2. The molecule has 0 radical (unpaired) electrons. The Morgan fingerprint density at radius 1 is 1.16 bits per heavy atom. The van der Waals surface area contributed by atoms with E-state index in [1.54, 1.807) is 16.2 Å². The molecule has 2 amide bonds. The molecule has 8 heteroatoms. The normalized spacial score (nSPS) is 21.0. The summed E-state index contributed by atoms with van der Waals surface area (Å²) in [6.07, 6.45) is 3.24. The zero-order valence-corrected chi connectivity index (χ0v) is 19.0. The first kappa shape index (κ1) is 22.9. The van der Waals surface area contributed by atoms with Gasteiger partial charge in [0.1, 0.15) is 11.9 Å². The lowest BCUT2D eigenvalue weighted by atomic mass is 9.93. The van der Waals surface area contributed by atoms with Gasteiger partial charge in [0.15, 0.2) is 0 Å². The van der Waals surface area contributed by atoms with Gasteiger partial charge in [-0.2, -0.15) is 0 Å². The van der Waals surface area contributed by atoms with Gasteiger partial charge in [0.25, 0.3) is 0 Å². The van der Waals surface area contributed by atoms with Gasteiger partial charge in [-0.1, -0.05) is 18.2 Å². The highest BCUT2D eigenvalue weighted by Crippen LogP contribution is 2.34. The molecule has 4 rings (SSSR count). The number of nitrogens with two attached hydrogens (primary N) is 1. The molecular formula is C24H31FN4O2S.